The van der Waals surface area contributed by atoms with Crippen molar-refractivity contribution in [3.05, 3.63) is 45.1 Å². The average molecular weight is 518 g/mol. The third-order valence-corrected chi connectivity index (χ3v) is 8.48. The molecule has 1 aromatic carbocycles. The molecule has 1 aliphatic heterocycles. The molecule has 2 aromatic heterocycles. The Morgan fingerprint density at radius 3 is 2.50 bits per heavy atom. The summed E-state index contributed by atoms with van der Waals surface area (Å²) in [5.41, 5.74) is 1.03. The van der Waals surface area contributed by atoms with Crippen LogP contribution in [-0.4, -0.2) is 71.6 Å². The van der Waals surface area contributed by atoms with Gasteiger partial charge in [0.05, 0.1) is 22.7 Å². The van der Waals surface area contributed by atoms with Gasteiger partial charge in [-0.15, -0.1) is 0 Å². The van der Waals surface area contributed by atoms with E-state index < -0.39 is 15.6 Å². The van der Waals surface area contributed by atoms with Crippen molar-refractivity contribution in [3.8, 4) is 17.0 Å². The summed E-state index contributed by atoms with van der Waals surface area (Å²) in [6.45, 7) is 7.27. The minimum Gasteiger partial charge on any atom is -0.493 e. The lowest BCUT2D eigenvalue weighted by Gasteiger charge is -2.21. The van der Waals surface area contributed by atoms with Crippen molar-refractivity contribution in [1.29, 1.82) is 0 Å². The summed E-state index contributed by atoms with van der Waals surface area (Å²) in [5.74, 6) is 0.513. The Kier molecular flexibility index (Phi) is 7.72. The summed E-state index contributed by atoms with van der Waals surface area (Å²) in [5, 5.41) is 0. The molecule has 0 spiro atoms. The molecule has 1 fully saturated rings. The van der Waals surface area contributed by atoms with Crippen molar-refractivity contribution in [2.45, 2.75) is 44.6 Å². The van der Waals surface area contributed by atoms with E-state index in [1.165, 1.54) is 11.4 Å². The van der Waals surface area contributed by atoms with Crippen molar-refractivity contribution in [2.24, 2.45) is 7.05 Å². The summed E-state index contributed by atoms with van der Waals surface area (Å²) >= 11 is 0. The predicted molar refractivity (Wildman–Crippen MR) is 140 cm³/mol. The Balaban J connectivity index is 1.87. The smallest absolute Gasteiger partial charge is 0.331 e. The minimum atomic E-state index is -3.73. The van der Waals surface area contributed by atoms with E-state index in [1.807, 2.05) is 20.9 Å². The number of hydrogen-bond acceptors (Lipinski definition) is 6. The van der Waals surface area contributed by atoms with E-state index in [0.29, 0.717) is 60.8 Å². The minimum absolute atomic E-state index is 0.170. The second-order valence-electron chi connectivity index (χ2n) is 9.31. The van der Waals surface area contributed by atoms with Crippen molar-refractivity contribution in [2.75, 3.05) is 39.8 Å². The van der Waals surface area contributed by atoms with Gasteiger partial charge in [0.15, 0.2) is 0 Å². The van der Waals surface area contributed by atoms with E-state index in [2.05, 4.69) is 9.88 Å². The standard InChI is InChI=1S/C25H35N5O5S/c1-5-10-30-21-17-20(26-23(21)24(31)28(4)25(30)32)19-16-18(8-9-22(19)35-15-6-2)36(33,34)29-12-7-11-27(3)13-14-29/h8-9,16-17,26H,5-7,10-15H2,1-4H3. The van der Waals surface area contributed by atoms with Crippen LogP contribution in [0.4, 0.5) is 0 Å². The van der Waals surface area contributed by atoms with Gasteiger partial charge in [0.1, 0.15) is 11.3 Å². The number of aromatic amines is 1. The Bertz CT molecular complexity index is 1470. The van der Waals surface area contributed by atoms with Gasteiger partial charge >= 0.3 is 5.69 Å². The van der Waals surface area contributed by atoms with E-state index >= 15 is 0 Å². The third-order valence-electron chi connectivity index (χ3n) is 6.59. The zero-order valence-corrected chi connectivity index (χ0v) is 22.2. The topological polar surface area (TPSA) is 110 Å². The van der Waals surface area contributed by atoms with Crippen molar-refractivity contribution >= 4 is 21.1 Å². The lowest BCUT2D eigenvalue weighted by molar-refractivity contribution is 0.318. The Labute approximate surface area is 211 Å². The third kappa shape index (κ3) is 4.87. The highest BCUT2D eigenvalue weighted by molar-refractivity contribution is 7.89. The summed E-state index contributed by atoms with van der Waals surface area (Å²) in [7, 11) is -0.280. The van der Waals surface area contributed by atoms with Crippen molar-refractivity contribution in [1.82, 2.24) is 23.3 Å². The molecule has 0 aliphatic carbocycles. The highest BCUT2D eigenvalue weighted by atomic mass is 32.2. The van der Waals surface area contributed by atoms with Gasteiger partial charge in [-0.05, 0) is 57.1 Å². The monoisotopic (exact) mass is 517 g/mol. The van der Waals surface area contributed by atoms with Crippen LogP contribution >= 0.6 is 0 Å². The first-order valence-electron chi connectivity index (χ1n) is 12.5. The Morgan fingerprint density at radius 2 is 1.78 bits per heavy atom. The van der Waals surface area contributed by atoms with Crippen LogP contribution in [-0.2, 0) is 23.6 Å². The van der Waals surface area contributed by atoms with Gasteiger partial charge < -0.3 is 14.6 Å². The number of sulfonamides is 1. The average Bonchev–Trinajstić information content (AvgIpc) is 3.18. The van der Waals surface area contributed by atoms with Gasteiger partial charge in [-0.25, -0.2) is 13.2 Å². The lowest BCUT2D eigenvalue weighted by Crippen LogP contribution is -2.38. The molecule has 1 N–H and O–H groups in total. The quantitative estimate of drug-likeness (QED) is 0.491. The van der Waals surface area contributed by atoms with E-state index in [1.54, 1.807) is 28.8 Å². The molecule has 1 saturated heterocycles. The number of H-pyrrole nitrogens is 1. The van der Waals surface area contributed by atoms with Crippen molar-refractivity contribution < 1.29 is 13.2 Å². The first-order chi connectivity index (χ1) is 17.2. The van der Waals surface area contributed by atoms with E-state index in [9.17, 15) is 18.0 Å². The zero-order valence-electron chi connectivity index (χ0n) is 21.4. The number of hydrogen-bond donors (Lipinski definition) is 1. The number of nitrogens with one attached hydrogen (secondary N) is 1. The SMILES string of the molecule is CCCOc1ccc(S(=O)(=O)N2CCCN(C)CC2)cc1-c1cc2c([nH]1)c(=O)n(C)c(=O)n2CCC. The number of rotatable bonds is 8. The van der Waals surface area contributed by atoms with E-state index in [0.717, 1.165) is 30.4 Å². The van der Waals surface area contributed by atoms with Crippen molar-refractivity contribution in [3.63, 3.8) is 0 Å². The van der Waals surface area contributed by atoms with Crippen LogP contribution in [0, 0.1) is 0 Å². The van der Waals surface area contributed by atoms with E-state index in [4.69, 9.17) is 4.74 Å². The van der Waals surface area contributed by atoms with Gasteiger partial charge in [0, 0.05) is 38.8 Å². The summed E-state index contributed by atoms with van der Waals surface area (Å²) < 4.78 is 37.3. The molecule has 36 heavy (non-hydrogen) atoms. The van der Waals surface area contributed by atoms with Crippen LogP contribution in [0.15, 0.2) is 38.8 Å². The fourth-order valence-electron chi connectivity index (χ4n) is 4.57. The molecule has 196 valence electrons. The second-order valence-corrected chi connectivity index (χ2v) is 11.2. The summed E-state index contributed by atoms with van der Waals surface area (Å²) in [6.07, 6.45) is 2.27. The number of nitrogens with zero attached hydrogens (tertiary/aromatic N) is 4. The van der Waals surface area contributed by atoms with Gasteiger partial charge in [0.2, 0.25) is 10.0 Å². The summed E-state index contributed by atoms with van der Waals surface area (Å²) in [6, 6.07) is 6.59. The Morgan fingerprint density at radius 1 is 1.00 bits per heavy atom. The summed E-state index contributed by atoms with van der Waals surface area (Å²) in [4.78, 5) is 31.1. The molecule has 0 saturated carbocycles. The molecule has 1 aliphatic rings. The number of fused-ring (bicyclic) bond motifs is 1. The molecule has 4 rings (SSSR count). The number of aryl methyl sites for hydroxylation is 1. The largest absolute Gasteiger partial charge is 0.493 e. The highest BCUT2D eigenvalue weighted by Crippen LogP contribution is 2.34. The van der Waals surface area contributed by atoms with Gasteiger partial charge in [-0.2, -0.15) is 4.31 Å². The molecule has 0 radical (unpaired) electrons. The molecular weight excluding hydrogens is 482 g/mol. The highest BCUT2D eigenvalue weighted by Gasteiger charge is 2.28. The number of likely N-dealkylation sites (N-methyl/N-ethyl adjacent to an activating group) is 1. The molecule has 0 unspecified atom stereocenters. The molecule has 3 heterocycles. The second kappa shape index (κ2) is 10.6. The van der Waals surface area contributed by atoms with Crippen LogP contribution in [0.25, 0.3) is 22.3 Å². The van der Waals surface area contributed by atoms with Gasteiger partial charge in [-0.3, -0.25) is 13.9 Å². The number of ether oxygens (including phenoxy) is 1. The molecule has 10 nitrogen and oxygen atoms in total. The number of benzene rings is 1. The molecule has 0 amide bonds. The molecular formula is C25H35N5O5S. The molecule has 0 atom stereocenters. The van der Waals surface area contributed by atoms with Crippen LogP contribution in [0.3, 0.4) is 0 Å². The maximum atomic E-state index is 13.6. The predicted octanol–water partition coefficient (Wildman–Crippen LogP) is 2.22. The maximum absolute atomic E-state index is 13.6. The molecule has 3 aromatic rings. The first kappa shape index (κ1) is 26.2. The molecule has 0 bridgehead atoms. The zero-order chi connectivity index (χ0) is 26.0. The van der Waals surface area contributed by atoms with Gasteiger partial charge in [-0.1, -0.05) is 13.8 Å². The van der Waals surface area contributed by atoms with Crippen LogP contribution in [0.2, 0.25) is 0 Å². The maximum Gasteiger partial charge on any atom is 0.331 e. The Hall–Kier alpha value is -2.89. The van der Waals surface area contributed by atoms with Crippen LogP contribution in [0.1, 0.15) is 33.1 Å². The fraction of sp³-hybridized carbons (Fsp3) is 0.520. The van der Waals surface area contributed by atoms with Crippen LogP contribution in [0.5, 0.6) is 5.75 Å². The normalized spacial score (nSPS) is 15.9. The molecule has 11 heteroatoms. The fourth-order valence-corrected chi connectivity index (χ4v) is 6.07. The van der Waals surface area contributed by atoms with Crippen LogP contribution < -0.4 is 16.0 Å². The lowest BCUT2D eigenvalue weighted by atomic mass is 10.1. The first-order valence-corrected chi connectivity index (χ1v) is 13.9. The number of aromatic nitrogens is 3. The van der Waals surface area contributed by atoms with E-state index in [-0.39, 0.29) is 10.6 Å². The van der Waals surface area contributed by atoms with Gasteiger partial charge in [0.25, 0.3) is 5.56 Å².